The molecule has 18 heteroatoms. The minimum absolute atomic E-state index is 0.0262. The number of benzene rings is 1. The molecule has 0 radical (unpaired) electrons. The Morgan fingerprint density at radius 1 is 1.04 bits per heavy atom. The third-order valence-electron chi connectivity index (χ3n) is 11.0. The Morgan fingerprint density at radius 2 is 1.84 bits per heavy atom. The van der Waals surface area contributed by atoms with Crippen LogP contribution in [-0.2, 0) is 24.4 Å². The maximum absolute atomic E-state index is 14.7. The average molecular weight is 802 g/mol. The first-order valence-corrected chi connectivity index (χ1v) is 21.3. The molecule has 4 aromatic rings. The lowest BCUT2D eigenvalue weighted by atomic mass is 10.0. The number of nitrogens with zero attached hydrogens (tertiary/aromatic N) is 5. The minimum Gasteiger partial charge on any atom is -0.497 e. The van der Waals surface area contributed by atoms with Gasteiger partial charge in [-0.05, 0) is 74.9 Å². The highest BCUT2D eigenvalue weighted by atomic mass is 32.2. The quantitative estimate of drug-likeness (QED) is 0.182. The third kappa shape index (κ3) is 7.58. The van der Waals surface area contributed by atoms with Crippen LogP contribution >= 0.6 is 11.3 Å². The number of carbonyl (C=O) groups is 4. The van der Waals surface area contributed by atoms with E-state index in [0.717, 1.165) is 18.4 Å². The Balaban J connectivity index is 1.14. The van der Waals surface area contributed by atoms with Crippen LogP contribution in [0.1, 0.15) is 74.3 Å². The molecule has 3 aromatic heterocycles. The van der Waals surface area contributed by atoms with Gasteiger partial charge in [0.1, 0.15) is 45.5 Å². The zero-order chi connectivity index (χ0) is 39.0. The van der Waals surface area contributed by atoms with Crippen molar-refractivity contribution in [3.05, 3.63) is 72.0 Å². The SMILES string of the molecule is COc1ccc(-c2nn([C@@H]3C[C@H]4C(=O)N[C@]5(C(=O)NS(=O)(=O)C6CC6)C[C@H]5/C=C/CCCCC[C@@H](NC(=O)c5ccc[nH]5)C(=O)N4C3)nc2-c2nccs2)cc1. The number of allylic oxidation sites excluding steroid dienone is 1. The zero-order valence-electron chi connectivity index (χ0n) is 30.7. The molecule has 3 fully saturated rings. The van der Waals surface area contributed by atoms with Gasteiger partial charge in [0.2, 0.25) is 21.8 Å². The van der Waals surface area contributed by atoms with E-state index in [-0.39, 0.29) is 19.4 Å². The summed E-state index contributed by atoms with van der Waals surface area (Å²) in [5.41, 5.74) is 0.633. The number of thiazole rings is 1. The van der Waals surface area contributed by atoms with Gasteiger partial charge >= 0.3 is 0 Å². The lowest BCUT2D eigenvalue weighted by Gasteiger charge is -2.30. The second kappa shape index (κ2) is 15.3. The van der Waals surface area contributed by atoms with E-state index >= 15 is 0 Å². The summed E-state index contributed by atoms with van der Waals surface area (Å²) >= 11 is 1.40. The number of hydrogen-bond donors (Lipinski definition) is 4. The second-order valence-corrected chi connectivity index (χ2v) is 17.7. The van der Waals surface area contributed by atoms with E-state index in [4.69, 9.17) is 14.9 Å². The molecule has 2 saturated carbocycles. The Hall–Kier alpha value is -5.36. The molecule has 294 valence electrons. The maximum atomic E-state index is 14.7. The van der Waals surface area contributed by atoms with Crippen LogP contribution in [0.3, 0.4) is 0 Å². The molecule has 0 bridgehead atoms. The summed E-state index contributed by atoms with van der Waals surface area (Å²) in [5.74, 6) is -2.06. The van der Waals surface area contributed by atoms with E-state index in [1.807, 2.05) is 41.8 Å². The Labute approximate surface area is 327 Å². The Bertz CT molecular complexity index is 2240. The van der Waals surface area contributed by atoms with E-state index in [1.54, 1.807) is 31.6 Å². The number of sulfonamides is 1. The van der Waals surface area contributed by atoms with Crippen LogP contribution in [-0.4, -0.2) is 98.4 Å². The van der Waals surface area contributed by atoms with Gasteiger partial charge in [-0.1, -0.05) is 25.0 Å². The summed E-state index contributed by atoms with van der Waals surface area (Å²) in [7, 11) is -2.31. The molecular formula is C38H43N9O7S2. The van der Waals surface area contributed by atoms with E-state index in [2.05, 4.69) is 25.3 Å². The fraction of sp³-hybridized carbons (Fsp3) is 0.447. The largest absolute Gasteiger partial charge is 0.497 e. The normalized spacial score (nSPS) is 26.2. The van der Waals surface area contributed by atoms with Crippen molar-refractivity contribution in [1.82, 2.24) is 45.2 Å². The van der Waals surface area contributed by atoms with Crippen molar-refractivity contribution in [2.24, 2.45) is 5.92 Å². The molecule has 8 rings (SSSR count). The van der Waals surface area contributed by atoms with Gasteiger partial charge in [0.25, 0.3) is 11.8 Å². The van der Waals surface area contributed by atoms with Gasteiger partial charge in [-0.2, -0.15) is 9.90 Å². The molecule has 16 nitrogen and oxygen atoms in total. The average Bonchev–Trinajstić information content (AvgIpc) is 3.74. The van der Waals surface area contributed by atoms with Gasteiger partial charge in [-0.15, -0.1) is 16.4 Å². The molecule has 0 unspecified atom stereocenters. The van der Waals surface area contributed by atoms with Gasteiger partial charge in [-0.3, -0.25) is 23.9 Å². The number of carbonyl (C=O) groups excluding carboxylic acids is 4. The van der Waals surface area contributed by atoms with Crippen molar-refractivity contribution < 1.29 is 32.3 Å². The summed E-state index contributed by atoms with van der Waals surface area (Å²) in [4.78, 5) is 66.7. The molecule has 2 aliphatic carbocycles. The van der Waals surface area contributed by atoms with Gasteiger partial charge in [0.05, 0.1) is 18.4 Å². The molecule has 4 amide bonds. The van der Waals surface area contributed by atoms with E-state index in [1.165, 1.54) is 21.0 Å². The summed E-state index contributed by atoms with van der Waals surface area (Å²) in [6, 6.07) is 8.03. The molecule has 4 N–H and O–H groups in total. The predicted octanol–water partition coefficient (Wildman–Crippen LogP) is 3.35. The topological polar surface area (TPSA) is 210 Å². The molecule has 1 saturated heterocycles. The molecule has 1 aromatic carbocycles. The Kier molecular flexibility index (Phi) is 10.3. The first-order valence-electron chi connectivity index (χ1n) is 18.9. The minimum atomic E-state index is -3.90. The number of rotatable bonds is 9. The maximum Gasteiger partial charge on any atom is 0.268 e. The van der Waals surface area contributed by atoms with E-state index < -0.39 is 68.5 Å². The van der Waals surface area contributed by atoms with Crippen molar-refractivity contribution >= 4 is 45.0 Å². The van der Waals surface area contributed by atoms with Crippen molar-refractivity contribution in [2.45, 2.75) is 86.7 Å². The summed E-state index contributed by atoms with van der Waals surface area (Å²) in [5, 5.41) is 17.4. The lowest BCUT2D eigenvalue weighted by molar-refractivity contribution is -0.141. The summed E-state index contributed by atoms with van der Waals surface area (Å²) in [6.45, 7) is 0.0262. The fourth-order valence-electron chi connectivity index (χ4n) is 7.57. The summed E-state index contributed by atoms with van der Waals surface area (Å²) < 4.78 is 33.4. The second-order valence-electron chi connectivity index (χ2n) is 14.8. The fourth-order valence-corrected chi connectivity index (χ4v) is 9.55. The molecule has 5 heterocycles. The third-order valence-corrected chi connectivity index (χ3v) is 13.6. The van der Waals surface area contributed by atoms with Crippen molar-refractivity contribution in [3.63, 3.8) is 0 Å². The monoisotopic (exact) mass is 801 g/mol. The van der Waals surface area contributed by atoms with E-state index in [0.29, 0.717) is 59.9 Å². The highest BCUT2D eigenvalue weighted by molar-refractivity contribution is 7.91. The predicted molar refractivity (Wildman–Crippen MR) is 206 cm³/mol. The van der Waals surface area contributed by atoms with Gasteiger partial charge < -0.3 is 25.3 Å². The van der Waals surface area contributed by atoms with Crippen molar-refractivity contribution in [1.29, 1.82) is 0 Å². The van der Waals surface area contributed by atoms with Crippen LogP contribution in [0.2, 0.25) is 0 Å². The molecule has 56 heavy (non-hydrogen) atoms. The van der Waals surface area contributed by atoms with Gasteiger partial charge in [0.15, 0.2) is 0 Å². The number of aromatic nitrogens is 5. The van der Waals surface area contributed by atoms with Crippen LogP contribution in [0.15, 0.2) is 66.3 Å². The van der Waals surface area contributed by atoms with Crippen molar-refractivity contribution in [3.8, 4) is 27.7 Å². The molecule has 5 atom stereocenters. The Morgan fingerprint density at radius 3 is 2.55 bits per heavy atom. The molecular weight excluding hydrogens is 759 g/mol. The van der Waals surface area contributed by atoms with Crippen LogP contribution in [0.25, 0.3) is 22.0 Å². The first kappa shape index (κ1) is 37.6. The van der Waals surface area contributed by atoms with Crippen molar-refractivity contribution in [2.75, 3.05) is 13.7 Å². The van der Waals surface area contributed by atoms with Gasteiger partial charge in [-0.25, -0.2) is 13.4 Å². The number of ether oxygens (including phenoxy) is 1. The lowest BCUT2D eigenvalue weighted by Crippen LogP contribution is -2.58. The smallest absolute Gasteiger partial charge is 0.268 e. The van der Waals surface area contributed by atoms with E-state index in [9.17, 15) is 27.6 Å². The number of amides is 4. The number of nitrogens with one attached hydrogen (secondary N) is 4. The highest BCUT2D eigenvalue weighted by Gasteiger charge is 2.62. The number of aromatic amines is 1. The summed E-state index contributed by atoms with van der Waals surface area (Å²) in [6.07, 6.45) is 11.6. The number of methoxy groups -OCH3 is 1. The van der Waals surface area contributed by atoms with Crippen LogP contribution in [0.4, 0.5) is 0 Å². The molecule has 0 spiro atoms. The molecule has 4 aliphatic rings. The van der Waals surface area contributed by atoms with Crippen LogP contribution < -0.4 is 20.1 Å². The highest BCUT2D eigenvalue weighted by Crippen LogP contribution is 2.46. The number of hydrogen-bond acceptors (Lipinski definition) is 11. The number of fused-ring (bicyclic) bond motifs is 2. The van der Waals surface area contributed by atoms with Crippen LogP contribution in [0, 0.1) is 5.92 Å². The standard InChI is InChI=1S/C38H43N9O7S2/c1-54-26-13-11-23(12-14-26)31-32(35-40-18-19-55-35)44-47(43-31)25-20-30-34(49)42-38(37(51)45-56(52,53)27-15-16-27)21-24(38)8-5-3-2-4-6-9-29(36(50)46(30)22-25)41-33(48)28-10-7-17-39-28/h5,7-8,10-14,17-19,24-25,27,29-30,39H,2-4,6,9,15-16,20-22H2,1H3,(H,41,48)(H,42,49)(H,45,51)/b8-5+/t24-,25-,29-,30+,38-/m1/s1. The van der Waals surface area contributed by atoms with Crippen LogP contribution in [0.5, 0.6) is 5.75 Å². The zero-order valence-corrected chi connectivity index (χ0v) is 32.4. The first-order chi connectivity index (χ1) is 27.1. The van der Waals surface area contributed by atoms with Gasteiger partial charge in [0, 0.05) is 42.2 Å². The number of H-pyrrole nitrogens is 1. The molecule has 2 aliphatic heterocycles.